The highest BCUT2D eigenvalue weighted by Gasteiger charge is 2.22. The number of benzene rings is 1. The van der Waals surface area contributed by atoms with Gasteiger partial charge >= 0.3 is 5.97 Å². The van der Waals surface area contributed by atoms with Gasteiger partial charge in [-0.25, -0.2) is 4.79 Å². The molecule has 1 aromatic carbocycles. The van der Waals surface area contributed by atoms with Crippen LogP contribution in [0.3, 0.4) is 0 Å². The maximum atomic E-state index is 12.5. The minimum absolute atomic E-state index is 0.142. The quantitative estimate of drug-likeness (QED) is 0.785. The largest absolute Gasteiger partial charge is 0.478 e. The molecule has 0 atom stereocenters. The van der Waals surface area contributed by atoms with E-state index in [-0.39, 0.29) is 17.2 Å². The third-order valence-corrected chi connectivity index (χ3v) is 4.98. The Kier molecular flexibility index (Phi) is 5.57. The van der Waals surface area contributed by atoms with Gasteiger partial charge in [0.05, 0.1) is 11.2 Å². The van der Waals surface area contributed by atoms with Crippen molar-refractivity contribution in [1.82, 2.24) is 9.47 Å². The minimum Gasteiger partial charge on any atom is -0.478 e. The Hall–Kier alpha value is -3.11. The number of carboxylic acids is 1. The summed E-state index contributed by atoms with van der Waals surface area (Å²) in [6, 6.07) is 9.79. The molecule has 7 heteroatoms. The molecule has 0 radical (unpaired) electrons. The lowest BCUT2D eigenvalue weighted by molar-refractivity contribution is -0.131. The van der Waals surface area contributed by atoms with Crippen LogP contribution >= 0.6 is 0 Å². The number of piperidine rings is 1. The number of carbonyl (C=O) groups is 1. The highest BCUT2D eigenvalue weighted by Crippen LogP contribution is 2.27. The number of aliphatic carboxylic acids is 1. The molecule has 0 unspecified atom stereocenters. The average molecular weight is 366 g/mol. The predicted molar refractivity (Wildman–Crippen MR) is 104 cm³/mol. The van der Waals surface area contributed by atoms with Crippen molar-refractivity contribution in [2.75, 3.05) is 25.0 Å². The summed E-state index contributed by atoms with van der Waals surface area (Å²) in [6.07, 6.45) is 4.53. The van der Waals surface area contributed by atoms with Gasteiger partial charge in [-0.3, -0.25) is 9.69 Å². The van der Waals surface area contributed by atoms with Gasteiger partial charge in [-0.2, -0.15) is 5.26 Å². The molecule has 0 amide bonds. The van der Waals surface area contributed by atoms with Crippen LogP contribution in [-0.2, 0) is 11.8 Å². The van der Waals surface area contributed by atoms with Crippen molar-refractivity contribution in [2.45, 2.75) is 18.9 Å². The maximum Gasteiger partial charge on any atom is 0.328 e. The lowest BCUT2D eigenvalue weighted by Gasteiger charge is -2.32. The van der Waals surface area contributed by atoms with Crippen LogP contribution in [0, 0.1) is 11.3 Å². The average Bonchev–Trinajstić information content (AvgIpc) is 2.67. The van der Waals surface area contributed by atoms with Gasteiger partial charge in [0.1, 0.15) is 11.6 Å². The Balaban J connectivity index is 1.78. The lowest BCUT2D eigenvalue weighted by Crippen LogP contribution is -2.39. The van der Waals surface area contributed by atoms with E-state index in [1.807, 2.05) is 24.3 Å². The van der Waals surface area contributed by atoms with Crippen LogP contribution < -0.4 is 10.9 Å². The number of hydrogen-bond donors (Lipinski definition) is 2. The summed E-state index contributed by atoms with van der Waals surface area (Å²) in [5.41, 5.74) is 1.25. The highest BCUT2D eigenvalue weighted by atomic mass is 16.4. The second-order valence-electron chi connectivity index (χ2n) is 6.70. The number of aryl methyl sites for hydroxylation is 1. The zero-order valence-electron chi connectivity index (χ0n) is 15.2. The molecule has 1 saturated heterocycles. The third kappa shape index (κ3) is 4.01. The summed E-state index contributed by atoms with van der Waals surface area (Å²) < 4.78 is 1.51. The molecule has 1 aliphatic rings. The van der Waals surface area contributed by atoms with Gasteiger partial charge in [0, 0.05) is 44.2 Å². The molecule has 140 valence electrons. The number of rotatable bonds is 5. The summed E-state index contributed by atoms with van der Waals surface area (Å²) >= 11 is 0. The Morgan fingerprint density at radius 1 is 1.37 bits per heavy atom. The number of nitriles is 1. The Morgan fingerprint density at radius 2 is 2.07 bits per heavy atom. The topological polar surface area (TPSA) is 98.4 Å². The van der Waals surface area contributed by atoms with Gasteiger partial charge in [0.2, 0.25) is 0 Å². The van der Waals surface area contributed by atoms with E-state index in [2.05, 4.69) is 16.3 Å². The van der Waals surface area contributed by atoms with Gasteiger partial charge in [-0.05, 0) is 18.9 Å². The number of carboxylic acid groups (broad SMARTS) is 1. The number of hydrogen-bond acceptors (Lipinski definition) is 5. The van der Waals surface area contributed by atoms with Crippen LogP contribution in [-0.4, -0.2) is 46.2 Å². The van der Waals surface area contributed by atoms with Gasteiger partial charge in [0.15, 0.2) is 0 Å². The number of nitrogens with zero attached hydrogens (tertiary/aromatic N) is 3. The van der Waals surface area contributed by atoms with Crippen molar-refractivity contribution >= 4 is 22.6 Å². The molecule has 1 aliphatic heterocycles. The molecular weight excluding hydrogens is 344 g/mol. The first-order valence-corrected chi connectivity index (χ1v) is 8.91. The Morgan fingerprint density at radius 3 is 2.74 bits per heavy atom. The van der Waals surface area contributed by atoms with E-state index >= 15 is 0 Å². The molecule has 0 aliphatic carbocycles. The van der Waals surface area contributed by atoms with E-state index in [0.29, 0.717) is 12.2 Å². The first-order valence-electron chi connectivity index (χ1n) is 8.91. The fourth-order valence-electron chi connectivity index (χ4n) is 3.52. The van der Waals surface area contributed by atoms with E-state index < -0.39 is 5.97 Å². The Bertz CT molecular complexity index is 979. The van der Waals surface area contributed by atoms with Crippen LogP contribution in [0.15, 0.2) is 41.2 Å². The minimum atomic E-state index is -0.937. The second-order valence-corrected chi connectivity index (χ2v) is 6.70. The van der Waals surface area contributed by atoms with E-state index in [1.165, 1.54) is 4.57 Å². The summed E-state index contributed by atoms with van der Waals surface area (Å²) in [5.74, 6) is -0.937. The smallest absolute Gasteiger partial charge is 0.328 e. The number of aromatic nitrogens is 1. The predicted octanol–water partition coefficient (Wildman–Crippen LogP) is 1.93. The van der Waals surface area contributed by atoms with E-state index in [0.717, 1.165) is 42.9 Å². The first kappa shape index (κ1) is 18.7. The Labute approximate surface area is 157 Å². The zero-order valence-corrected chi connectivity index (χ0v) is 15.2. The van der Waals surface area contributed by atoms with Gasteiger partial charge < -0.3 is 15.0 Å². The number of fused-ring (bicyclic) bond motifs is 1. The number of anilines is 1. The first-order chi connectivity index (χ1) is 13.0. The van der Waals surface area contributed by atoms with Crippen LogP contribution in [0.25, 0.3) is 10.9 Å². The van der Waals surface area contributed by atoms with Crippen molar-refractivity contribution in [3.05, 3.63) is 52.3 Å². The lowest BCUT2D eigenvalue weighted by atomic mass is 10.0. The standard InChI is InChI=1S/C20H22N4O3/c1-23-17-6-3-2-5-15(17)19(16(13-21)20(23)27)22-14-8-11-24(12-9-14)10-4-7-18(25)26/h2-7,14,22H,8-12H2,1H3,(H,25,26). The van der Waals surface area contributed by atoms with E-state index in [1.54, 1.807) is 13.1 Å². The molecule has 1 aromatic heterocycles. The summed E-state index contributed by atoms with van der Waals surface area (Å²) in [7, 11) is 1.68. The second kappa shape index (κ2) is 8.06. The molecule has 0 saturated carbocycles. The summed E-state index contributed by atoms with van der Waals surface area (Å²) in [6.45, 7) is 2.26. The monoisotopic (exact) mass is 366 g/mol. The molecule has 27 heavy (non-hydrogen) atoms. The molecule has 0 bridgehead atoms. The number of nitrogens with one attached hydrogen (secondary N) is 1. The van der Waals surface area contributed by atoms with Crippen molar-refractivity contribution in [1.29, 1.82) is 5.26 Å². The van der Waals surface area contributed by atoms with Gasteiger partial charge in [-0.1, -0.05) is 24.3 Å². The van der Waals surface area contributed by atoms with Gasteiger partial charge in [-0.15, -0.1) is 0 Å². The SMILES string of the molecule is Cn1c(=O)c(C#N)c(NC2CCN(CC=CC(=O)O)CC2)c2ccccc21. The highest BCUT2D eigenvalue weighted by molar-refractivity contribution is 5.94. The fraction of sp³-hybridized carbons (Fsp3) is 0.350. The number of pyridine rings is 1. The summed E-state index contributed by atoms with van der Waals surface area (Å²) in [5, 5.41) is 22.5. The van der Waals surface area contributed by atoms with Crippen LogP contribution in [0.1, 0.15) is 18.4 Å². The summed E-state index contributed by atoms with van der Waals surface area (Å²) in [4.78, 5) is 25.3. The van der Waals surface area contributed by atoms with Crippen molar-refractivity contribution in [3.8, 4) is 6.07 Å². The molecule has 2 N–H and O–H groups in total. The molecule has 2 aromatic rings. The van der Waals surface area contributed by atoms with Crippen molar-refractivity contribution in [3.63, 3.8) is 0 Å². The molecule has 0 spiro atoms. The normalized spacial score (nSPS) is 15.9. The number of likely N-dealkylation sites (tertiary alicyclic amines) is 1. The number of para-hydroxylation sites is 1. The molecular formula is C20H22N4O3. The van der Waals surface area contributed by atoms with E-state index in [9.17, 15) is 14.9 Å². The molecule has 1 fully saturated rings. The van der Waals surface area contributed by atoms with Crippen molar-refractivity contribution in [2.24, 2.45) is 7.05 Å². The van der Waals surface area contributed by atoms with Crippen LogP contribution in [0.4, 0.5) is 5.69 Å². The van der Waals surface area contributed by atoms with Crippen LogP contribution in [0.2, 0.25) is 0 Å². The molecule has 7 nitrogen and oxygen atoms in total. The molecule has 3 rings (SSSR count). The fourth-order valence-corrected chi connectivity index (χ4v) is 3.52. The van der Waals surface area contributed by atoms with Gasteiger partial charge in [0.25, 0.3) is 5.56 Å². The maximum absolute atomic E-state index is 12.5. The van der Waals surface area contributed by atoms with Crippen molar-refractivity contribution < 1.29 is 9.90 Å². The zero-order chi connectivity index (χ0) is 19.4. The van der Waals surface area contributed by atoms with Crippen LogP contribution in [0.5, 0.6) is 0 Å². The van der Waals surface area contributed by atoms with E-state index in [4.69, 9.17) is 5.11 Å². The molecule has 2 heterocycles. The third-order valence-electron chi connectivity index (χ3n) is 4.98.